The molecule has 0 amide bonds. The molecule has 2 aromatic heterocycles. The van der Waals surface area contributed by atoms with Crippen LogP contribution in [0.2, 0.25) is 0 Å². The van der Waals surface area contributed by atoms with E-state index in [1.54, 1.807) is 0 Å². The van der Waals surface area contributed by atoms with E-state index in [-0.39, 0.29) is 0 Å². The molecule has 0 bridgehead atoms. The lowest BCUT2D eigenvalue weighted by molar-refractivity contribution is 0.266. The van der Waals surface area contributed by atoms with Crippen LogP contribution in [0.25, 0.3) is 22.1 Å². The molecule has 4 heteroatoms. The van der Waals surface area contributed by atoms with E-state index in [9.17, 15) is 0 Å². The normalized spacial score (nSPS) is 18.7. The Bertz CT molecular complexity index is 842. The fraction of sp³-hybridized carbons (Fsp3) is 0.450. The lowest BCUT2D eigenvalue weighted by Gasteiger charge is -2.19. The summed E-state index contributed by atoms with van der Waals surface area (Å²) < 4.78 is 11.6. The van der Waals surface area contributed by atoms with Gasteiger partial charge in [0.15, 0.2) is 0 Å². The van der Waals surface area contributed by atoms with Crippen molar-refractivity contribution in [3.63, 3.8) is 0 Å². The highest BCUT2D eigenvalue weighted by Crippen LogP contribution is 2.34. The summed E-state index contributed by atoms with van der Waals surface area (Å²) in [5, 5.41) is 5.23. The van der Waals surface area contributed by atoms with Gasteiger partial charge in [-0.05, 0) is 46.2 Å². The Hall–Kier alpha value is -2.07. The third-order valence-corrected chi connectivity index (χ3v) is 5.23. The third-order valence-electron chi connectivity index (χ3n) is 5.23. The molecular weight excluding hydrogens is 300 g/mol. The Morgan fingerprint density at radius 3 is 2.88 bits per heavy atom. The molecule has 0 spiro atoms. The third kappa shape index (κ3) is 2.65. The molecule has 1 aromatic carbocycles. The van der Waals surface area contributed by atoms with Crippen molar-refractivity contribution in [1.82, 2.24) is 10.1 Å². The SMILES string of the molecule is Cc1noc(C)c1-c1cccc2cc(CCN3CCC[C@H]3C)oc12. The van der Waals surface area contributed by atoms with E-state index >= 15 is 0 Å². The maximum atomic E-state index is 6.23. The molecule has 0 radical (unpaired) electrons. The first kappa shape index (κ1) is 15.5. The Balaban J connectivity index is 1.65. The van der Waals surface area contributed by atoms with Gasteiger partial charge in [-0.2, -0.15) is 0 Å². The van der Waals surface area contributed by atoms with Crippen LogP contribution in [-0.4, -0.2) is 29.2 Å². The van der Waals surface area contributed by atoms with E-state index in [0.29, 0.717) is 6.04 Å². The molecule has 0 unspecified atom stereocenters. The average Bonchev–Trinajstić information content (AvgIpc) is 3.24. The average molecular weight is 324 g/mol. The first-order valence-electron chi connectivity index (χ1n) is 8.82. The van der Waals surface area contributed by atoms with Gasteiger partial charge in [-0.1, -0.05) is 23.4 Å². The number of rotatable bonds is 4. The summed E-state index contributed by atoms with van der Waals surface area (Å²) in [6.07, 6.45) is 3.59. The molecule has 1 fully saturated rings. The fourth-order valence-corrected chi connectivity index (χ4v) is 3.88. The van der Waals surface area contributed by atoms with E-state index in [2.05, 4.69) is 41.2 Å². The number of para-hydroxylation sites is 1. The van der Waals surface area contributed by atoms with E-state index in [0.717, 1.165) is 52.3 Å². The number of aryl methyl sites for hydroxylation is 2. The number of hydrogen-bond donors (Lipinski definition) is 0. The van der Waals surface area contributed by atoms with Crippen LogP contribution in [0.5, 0.6) is 0 Å². The van der Waals surface area contributed by atoms with Gasteiger partial charge in [0.1, 0.15) is 17.1 Å². The molecule has 1 atom stereocenters. The summed E-state index contributed by atoms with van der Waals surface area (Å²) >= 11 is 0. The van der Waals surface area contributed by atoms with E-state index in [1.165, 1.54) is 19.4 Å². The van der Waals surface area contributed by atoms with Gasteiger partial charge in [0.2, 0.25) is 0 Å². The Morgan fingerprint density at radius 2 is 2.17 bits per heavy atom. The number of nitrogens with zero attached hydrogens (tertiary/aromatic N) is 2. The molecule has 4 rings (SSSR count). The van der Waals surface area contributed by atoms with Gasteiger partial charge in [0, 0.05) is 30.0 Å². The van der Waals surface area contributed by atoms with Crippen LogP contribution in [0, 0.1) is 13.8 Å². The van der Waals surface area contributed by atoms with Gasteiger partial charge in [0.05, 0.1) is 11.3 Å². The van der Waals surface area contributed by atoms with Crippen molar-refractivity contribution >= 4 is 11.0 Å². The maximum absolute atomic E-state index is 6.23. The highest BCUT2D eigenvalue weighted by Gasteiger charge is 2.21. The number of furan rings is 1. The van der Waals surface area contributed by atoms with Crippen molar-refractivity contribution in [2.24, 2.45) is 0 Å². The molecule has 3 aromatic rings. The number of benzene rings is 1. The molecule has 24 heavy (non-hydrogen) atoms. The summed E-state index contributed by atoms with van der Waals surface area (Å²) in [6, 6.07) is 9.16. The van der Waals surface area contributed by atoms with Gasteiger partial charge in [-0.3, -0.25) is 0 Å². The minimum absolute atomic E-state index is 0.701. The Labute approximate surface area is 142 Å². The van der Waals surface area contributed by atoms with Gasteiger partial charge in [0.25, 0.3) is 0 Å². The minimum Gasteiger partial charge on any atom is -0.460 e. The summed E-state index contributed by atoms with van der Waals surface area (Å²) in [4.78, 5) is 2.56. The predicted molar refractivity (Wildman–Crippen MR) is 95.2 cm³/mol. The summed E-state index contributed by atoms with van der Waals surface area (Å²) in [5.74, 6) is 1.90. The first-order chi connectivity index (χ1) is 11.6. The minimum atomic E-state index is 0.701. The summed E-state index contributed by atoms with van der Waals surface area (Å²) in [6.45, 7) is 8.53. The van der Waals surface area contributed by atoms with Crippen LogP contribution in [0.1, 0.15) is 37.0 Å². The smallest absolute Gasteiger partial charge is 0.142 e. The number of likely N-dealkylation sites (tertiary alicyclic amines) is 1. The van der Waals surface area contributed by atoms with E-state index in [4.69, 9.17) is 8.94 Å². The number of fused-ring (bicyclic) bond motifs is 1. The first-order valence-corrected chi connectivity index (χ1v) is 8.82. The van der Waals surface area contributed by atoms with Crippen LogP contribution in [0.15, 0.2) is 33.2 Å². The molecule has 0 saturated carbocycles. The standard InChI is InChI=1S/C20H24N2O2/c1-13-6-5-10-22(13)11-9-17-12-16-7-4-8-18(20(16)23-17)19-14(2)21-24-15(19)3/h4,7-8,12-13H,5-6,9-11H2,1-3H3/t13-/m1/s1. The summed E-state index contributed by atoms with van der Waals surface area (Å²) in [7, 11) is 0. The van der Waals surface area contributed by atoms with Crippen LogP contribution in [0.4, 0.5) is 0 Å². The molecule has 126 valence electrons. The summed E-state index contributed by atoms with van der Waals surface area (Å²) in [5.41, 5.74) is 3.97. The number of hydrogen-bond acceptors (Lipinski definition) is 4. The van der Waals surface area contributed by atoms with Gasteiger partial charge >= 0.3 is 0 Å². The van der Waals surface area contributed by atoms with Gasteiger partial charge in [-0.15, -0.1) is 0 Å². The van der Waals surface area contributed by atoms with Crippen LogP contribution in [0.3, 0.4) is 0 Å². The van der Waals surface area contributed by atoms with Crippen molar-refractivity contribution < 1.29 is 8.94 Å². The molecular formula is C20H24N2O2. The van der Waals surface area contributed by atoms with Gasteiger partial charge in [-0.25, -0.2) is 0 Å². The second-order valence-electron chi connectivity index (χ2n) is 6.91. The second kappa shape index (κ2) is 6.10. The predicted octanol–water partition coefficient (Wildman–Crippen LogP) is 4.73. The lowest BCUT2D eigenvalue weighted by Crippen LogP contribution is -2.28. The number of aromatic nitrogens is 1. The molecule has 1 aliphatic heterocycles. The largest absolute Gasteiger partial charge is 0.460 e. The zero-order valence-electron chi connectivity index (χ0n) is 14.6. The molecule has 1 aliphatic rings. The van der Waals surface area contributed by atoms with Crippen molar-refractivity contribution in [2.75, 3.05) is 13.1 Å². The van der Waals surface area contributed by atoms with Gasteiger partial charge < -0.3 is 13.8 Å². The zero-order valence-corrected chi connectivity index (χ0v) is 14.6. The second-order valence-corrected chi connectivity index (χ2v) is 6.91. The van der Waals surface area contributed by atoms with E-state index < -0.39 is 0 Å². The maximum Gasteiger partial charge on any atom is 0.142 e. The lowest BCUT2D eigenvalue weighted by atomic mass is 10.0. The molecule has 0 aliphatic carbocycles. The van der Waals surface area contributed by atoms with Crippen molar-refractivity contribution in [2.45, 2.75) is 46.1 Å². The van der Waals surface area contributed by atoms with Crippen molar-refractivity contribution in [3.05, 3.63) is 41.5 Å². The molecule has 1 saturated heterocycles. The Morgan fingerprint density at radius 1 is 1.29 bits per heavy atom. The monoisotopic (exact) mass is 324 g/mol. The Kier molecular flexibility index (Phi) is 3.93. The zero-order chi connectivity index (χ0) is 16.7. The van der Waals surface area contributed by atoms with Crippen LogP contribution >= 0.6 is 0 Å². The molecule has 0 N–H and O–H groups in total. The molecule has 3 heterocycles. The van der Waals surface area contributed by atoms with Crippen molar-refractivity contribution in [3.8, 4) is 11.1 Å². The van der Waals surface area contributed by atoms with Crippen LogP contribution < -0.4 is 0 Å². The highest BCUT2D eigenvalue weighted by atomic mass is 16.5. The highest BCUT2D eigenvalue weighted by molar-refractivity contribution is 5.93. The fourth-order valence-electron chi connectivity index (χ4n) is 3.88. The molecule has 4 nitrogen and oxygen atoms in total. The topological polar surface area (TPSA) is 42.4 Å². The quantitative estimate of drug-likeness (QED) is 0.695. The van der Waals surface area contributed by atoms with Crippen molar-refractivity contribution in [1.29, 1.82) is 0 Å². The van der Waals surface area contributed by atoms with E-state index in [1.807, 2.05) is 13.8 Å². The van der Waals surface area contributed by atoms with Crippen LogP contribution in [-0.2, 0) is 6.42 Å².